The van der Waals surface area contributed by atoms with Crippen molar-refractivity contribution in [1.82, 2.24) is 0 Å². The first-order valence-electron chi connectivity index (χ1n) is 4.25. The van der Waals surface area contributed by atoms with Crippen LogP contribution in [0.2, 0.25) is 15.1 Å². The lowest BCUT2D eigenvalue weighted by molar-refractivity contribution is -0.360. The maximum Gasteiger partial charge on any atom is 0.0994 e. The van der Waals surface area contributed by atoms with Gasteiger partial charge in [-0.3, -0.25) is 0 Å². The molecule has 0 aromatic heterocycles. The minimum absolute atomic E-state index is 0.0150. The summed E-state index contributed by atoms with van der Waals surface area (Å²) in [7, 11) is -3.59. The molecular formula is C8H9Cl3N2O2S. The van der Waals surface area contributed by atoms with Crippen LogP contribution in [0, 0.1) is 0 Å². The standard InChI is InChI=1S/C8H8Cl3N2O2S/c9-5-3-6(10)8(7(11)4-5)13-16(14,15)2-1-12/h3-4H,1-2,12H2/q-1/p+1. The zero-order chi connectivity index (χ0) is 12.3. The van der Waals surface area contributed by atoms with Gasteiger partial charge in [0.1, 0.15) is 0 Å². The van der Waals surface area contributed by atoms with E-state index in [1.165, 1.54) is 12.1 Å². The number of rotatable bonds is 4. The van der Waals surface area contributed by atoms with E-state index in [1.54, 1.807) is 0 Å². The Bertz CT molecular complexity index is 467. The van der Waals surface area contributed by atoms with Gasteiger partial charge in [-0.15, -0.1) is 0 Å². The van der Waals surface area contributed by atoms with Crippen LogP contribution in [0.3, 0.4) is 0 Å². The molecule has 1 rings (SSSR count). The second-order valence-corrected chi connectivity index (χ2v) is 5.95. The van der Waals surface area contributed by atoms with Crippen LogP contribution in [-0.2, 0) is 10.0 Å². The number of sulfonamides is 1. The largest absolute Gasteiger partial charge is 0.574 e. The molecule has 3 N–H and O–H groups in total. The molecule has 1 aromatic carbocycles. The molecule has 0 atom stereocenters. The van der Waals surface area contributed by atoms with Crippen LogP contribution < -0.4 is 5.73 Å². The van der Waals surface area contributed by atoms with Gasteiger partial charge in [-0.2, -0.15) is 0 Å². The molecule has 0 fully saturated rings. The van der Waals surface area contributed by atoms with Gasteiger partial charge in [-0.05, 0) is 12.1 Å². The Balaban J connectivity index is 3.07. The molecule has 1 aromatic rings. The first-order chi connectivity index (χ1) is 7.35. The van der Waals surface area contributed by atoms with Crippen molar-refractivity contribution in [1.29, 1.82) is 0 Å². The Labute approximate surface area is 109 Å². The molecule has 0 unspecified atom stereocenters. The number of nitrogens with zero attached hydrogens (tertiary/aromatic N) is 1. The lowest BCUT2D eigenvalue weighted by Crippen LogP contribution is -2.52. The highest BCUT2D eigenvalue weighted by atomic mass is 35.5. The number of hydrogen-bond acceptors (Lipinski definition) is 2. The lowest BCUT2D eigenvalue weighted by Gasteiger charge is -2.23. The molecule has 0 aliphatic heterocycles. The van der Waals surface area contributed by atoms with Gasteiger partial charge < -0.3 is 10.5 Å². The smallest absolute Gasteiger partial charge is 0.0994 e. The molecule has 0 spiro atoms. The molecule has 0 radical (unpaired) electrons. The van der Waals surface area contributed by atoms with Crippen molar-refractivity contribution >= 4 is 50.5 Å². The van der Waals surface area contributed by atoms with Gasteiger partial charge in [-0.1, -0.05) is 40.5 Å². The molecule has 0 bridgehead atoms. The van der Waals surface area contributed by atoms with Gasteiger partial charge in [0.15, 0.2) is 0 Å². The maximum absolute atomic E-state index is 11.4. The fourth-order valence-electron chi connectivity index (χ4n) is 0.989. The predicted octanol–water partition coefficient (Wildman–Crippen LogP) is 2.22. The van der Waals surface area contributed by atoms with Crippen LogP contribution in [0.25, 0.3) is 4.72 Å². The average Bonchev–Trinajstić information content (AvgIpc) is 2.11. The molecule has 0 saturated heterocycles. The summed E-state index contributed by atoms with van der Waals surface area (Å²) in [5.41, 5.74) is 3.46. The fraction of sp³-hybridized carbons (Fsp3) is 0.250. The zero-order valence-corrected chi connectivity index (χ0v) is 11.2. The SMILES string of the molecule is [NH3+]CCS(=O)(=O)[N-]c1c(Cl)cc(Cl)cc1Cl. The predicted molar refractivity (Wildman–Crippen MR) is 66.0 cm³/mol. The Kier molecular flexibility index (Phi) is 4.70. The zero-order valence-electron chi connectivity index (χ0n) is 8.08. The van der Waals surface area contributed by atoms with E-state index < -0.39 is 10.0 Å². The normalized spacial score (nSPS) is 11.5. The first-order valence-corrected chi connectivity index (χ1v) is 6.99. The van der Waals surface area contributed by atoms with E-state index in [1.807, 2.05) is 0 Å². The van der Waals surface area contributed by atoms with Crippen molar-refractivity contribution < 1.29 is 14.2 Å². The molecule has 0 amide bonds. The van der Waals surface area contributed by atoms with Crippen molar-refractivity contribution in [2.75, 3.05) is 12.3 Å². The first kappa shape index (κ1) is 13.9. The van der Waals surface area contributed by atoms with E-state index in [0.29, 0.717) is 5.02 Å². The summed E-state index contributed by atoms with van der Waals surface area (Å²) in [4.78, 5) is 0. The van der Waals surface area contributed by atoms with E-state index in [9.17, 15) is 8.42 Å². The van der Waals surface area contributed by atoms with Gasteiger partial charge in [0, 0.05) is 15.1 Å². The topological polar surface area (TPSA) is 75.9 Å². The van der Waals surface area contributed by atoms with Crippen LogP contribution in [0.4, 0.5) is 5.69 Å². The van der Waals surface area contributed by atoms with E-state index in [0.717, 1.165) is 0 Å². The highest BCUT2D eigenvalue weighted by Crippen LogP contribution is 2.40. The monoisotopic (exact) mass is 302 g/mol. The van der Waals surface area contributed by atoms with Crippen molar-refractivity contribution in [2.45, 2.75) is 0 Å². The number of halogens is 3. The Morgan fingerprint density at radius 3 is 2.12 bits per heavy atom. The van der Waals surface area contributed by atoms with E-state index in [-0.39, 0.29) is 28.0 Å². The maximum atomic E-state index is 11.4. The van der Waals surface area contributed by atoms with Gasteiger partial charge in [0.25, 0.3) is 0 Å². The second-order valence-electron chi connectivity index (χ2n) is 2.95. The van der Waals surface area contributed by atoms with Crippen molar-refractivity contribution in [3.05, 3.63) is 31.9 Å². The quantitative estimate of drug-likeness (QED) is 0.926. The summed E-state index contributed by atoms with van der Waals surface area (Å²) in [6.07, 6.45) is 0. The van der Waals surface area contributed by atoms with Gasteiger partial charge in [-0.25, -0.2) is 8.42 Å². The number of quaternary nitrogens is 1. The summed E-state index contributed by atoms with van der Waals surface area (Å²) in [5.74, 6) is -0.151. The Hall–Kier alpha value is -0.200. The number of benzene rings is 1. The minimum Gasteiger partial charge on any atom is -0.574 e. The third kappa shape index (κ3) is 3.68. The van der Waals surface area contributed by atoms with E-state index >= 15 is 0 Å². The highest BCUT2D eigenvalue weighted by molar-refractivity contribution is 7.94. The lowest BCUT2D eigenvalue weighted by atomic mass is 10.3. The average molecular weight is 304 g/mol. The van der Waals surface area contributed by atoms with Crippen LogP contribution in [0.5, 0.6) is 0 Å². The minimum atomic E-state index is -3.59. The summed E-state index contributed by atoms with van der Waals surface area (Å²) >= 11 is 17.3. The van der Waals surface area contributed by atoms with Gasteiger partial charge >= 0.3 is 0 Å². The van der Waals surface area contributed by atoms with Crippen LogP contribution in [0.1, 0.15) is 0 Å². The summed E-state index contributed by atoms with van der Waals surface area (Å²) < 4.78 is 26.4. The molecule has 0 aliphatic rings. The van der Waals surface area contributed by atoms with E-state index in [2.05, 4.69) is 10.5 Å². The van der Waals surface area contributed by atoms with Crippen LogP contribution in [0.15, 0.2) is 12.1 Å². The highest BCUT2D eigenvalue weighted by Gasteiger charge is 2.05. The third-order valence-electron chi connectivity index (χ3n) is 1.61. The van der Waals surface area contributed by atoms with Crippen molar-refractivity contribution in [2.24, 2.45) is 0 Å². The van der Waals surface area contributed by atoms with Gasteiger partial charge in [0.05, 0.1) is 22.3 Å². The summed E-state index contributed by atoms with van der Waals surface area (Å²) in [5, 5.41) is 0.527. The van der Waals surface area contributed by atoms with Crippen LogP contribution in [-0.4, -0.2) is 20.7 Å². The molecule has 0 aliphatic carbocycles. The molecule has 8 heteroatoms. The van der Waals surface area contributed by atoms with Crippen LogP contribution >= 0.6 is 34.8 Å². The Morgan fingerprint density at radius 2 is 1.69 bits per heavy atom. The molecule has 90 valence electrons. The van der Waals surface area contributed by atoms with Gasteiger partial charge in [0.2, 0.25) is 0 Å². The summed E-state index contributed by atoms with van der Waals surface area (Å²) in [6.45, 7) is 0.231. The molecule has 0 saturated carbocycles. The molecule has 4 nitrogen and oxygen atoms in total. The van der Waals surface area contributed by atoms with E-state index in [4.69, 9.17) is 34.8 Å². The molecule has 0 heterocycles. The fourth-order valence-corrected chi connectivity index (χ4v) is 2.92. The molecular weight excluding hydrogens is 295 g/mol. The third-order valence-corrected chi connectivity index (χ3v) is 3.67. The van der Waals surface area contributed by atoms with Crippen molar-refractivity contribution in [3.8, 4) is 0 Å². The molecule has 16 heavy (non-hydrogen) atoms. The summed E-state index contributed by atoms with van der Waals surface area (Å²) in [6, 6.07) is 2.76. The second kappa shape index (κ2) is 5.42. The van der Waals surface area contributed by atoms with Crippen molar-refractivity contribution in [3.63, 3.8) is 0 Å². The Morgan fingerprint density at radius 1 is 1.19 bits per heavy atom. The number of hydrogen-bond donors (Lipinski definition) is 1.